The van der Waals surface area contributed by atoms with Crippen LogP contribution in [0.1, 0.15) is 142 Å². The Balaban J connectivity index is 2.58. The first-order valence-electron chi connectivity index (χ1n) is 21.2. The number of hydrogen-bond donors (Lipinski definition) is 4. The Kier molecular flexibility index (Phi) is 28.0. The van der Waals surface area contributed by atoms with Crippen molar-refractivity contribution in [2.45, 2.75) is 167 Å². The molecule has 1 saturated carbocycles. The maximum absolute atomic E-state index is 12.9. The average Bonchev–Trinajstić information content (AvgIpc) is 3.39. The van der Waals surface area contributed by atoms with Gasteiger partial charge in [0.25, 0.3) is 0 Å². The number of nitrogens with zero attached hydrogens (tertiary/aromatic N) is 1. The molecule has 0 aliphatic heterocycles. The number of carbonyl (C=O) groups is 3. The zero-order valence-corrected chi connectivity index (χ0v) is 36.1. The summed E-state index contributed by atoms with van der Waals surface area (Å²) in [6.45, 7) is 3.81. The van der Waals surface area contributed by atoms with Gasteiger partial charge in [0, 0.05) is 43.9 Å². The summed E-state index contributed by atoms with van der Waals surface area (Å²) >= 11 is 0. The van der Waals surface area contributed by atoms with E-state index in [1.165, 1.54) is 12.8 Å². The number of quaternary nitrogens is 1. The number of hydrogen-bond acceptors (Lipinski definition) is 11. The molecule has 0 amide bonds. The molecule has 0 aromatic carbocycles. The van der Waals surface area contributed by atoms with Crippen LogP contribution < -0.4 is 0 Å². The summed E-state index contributed by atoms with van der Waals surface area (Å²) in [6.07, 6.45) is 18.7. The number of likely N-dealkylation sites (N-methyl/N-ethyl adjacent to an activating group) is 1. The summed E-state index contributed by atoms with van der Waals surface area (Å²) in [5, 5.41) is 31.3. The van der Waals surface area contributed by atoms with Gasteiger partial charge < -0.3 is 34.2 Å². The second-order valence-corrected chi connectivity index (χ2v) is 17.8. The SMILES string of the molecule is CCCC/C=C\CCCCCCCC(=O)OC[C@H](COP(=O)(O)OCC[N+](C)(C)C)OC(=O)CCCCC(=O)C[C@@H]1[C@@H](/C=C/[C@@H](O)CCCCC)[C@H](O)C[C@@H]1O. The number of esters is 2. The lowest BCUT2D eigenvalue weighted by Crippen LogP contribution is -2.37. The van der Waals surface area contributed by atoms with Crippen LogP contribution in [0.5, 0.6) is 0 Å². The third-order valence-electron chi connectivity index (χ3n) is 9.94. The first-order chi connectivity index (χ1) is 26.6. The lowest BCUT2D eigenvalue weighted by Gasteiger charge is -2.24. The molecule has 0 spiro atoms. The van der Waals surface area contributed by atoms with E-state index in [1.54, 1.807) is 12.2 Å². The fraction of sp³-hybridized carbons (Fsp3) is 0.833. The van der Waals surface area contributed by atoms with Gasteiger partial charge in [0.05, 0.1) is 46.1 Å². The van der Waals surface area contributed by atoms with Crippen molar-refractivity contribution in [2.75, 3.05) is 47.5 Å². The van der Waals surface area contributed by atoms with Crippen molar-refractivity contribution in [2.24, 2.45) is 11.8 Å². The number of phosphoric ester groups is 1. The average molecular weight is 819 g/mol. The summed E-state index contributed by atoms with van der Waals surface area (Å²) in [5.74, 6) is -2.10. The number of ether oxygens (including phenoxy) is 2. The zero-order valence-electron chi connectivity index (χ0n) is 35.2. The zero-order chi connectivity index (χ0) is 41.8. The van der Waals surface area contributed by atoms with E-state index in [0.29, 0.717) is 36.7 Å². The van der Waals surface area contributed by atoms with Crippen molar-refractivity contribution in [3.05, 3.63) is 24.3 Å². The molecule has 4 N–H and O–H groups in total. The number of Topliss-reactive ketones (excluding diaryl/α,β-unsaturated/α-hetero) is 1. The Labute approximate surface area is 337 Å². The van der Waals surface area contributed by atoms with E-state index < -0.39 is 62.6 Å². The minimum atomic E-state index is -4.48. The molecule has 1 aliphatic carbocycles. The van der Waals surface area contributed by atoms with Crippen LogP contribution in [0.25, 0.3) is 0 Å². The van der Waals surface area contributed by atoms with Gasteiger partial charge in [-0.1, -0.05) is 89.5 Å². The van der Waals surface area contributed by atoms with Crippen LogP contribution in [-0.2, 0) is 37.5 Å². The number of phosphoric acid groups is 1. The van der Waals surface area contributed by atoms with Crippen molar-refractivity contribution >= 4 is 25.5 Å². The molecule has 56 heavy (non-hydrogen) atoms. The topological polar surface area (TPSA) is 186 Å². The summed E-state index contributed by atoms with van der Waals surface area (Å²) < 4.78 is 34.0. The summed E-state index contributed by atoms with van der Waals surface area (Å²) in [7, 11) is 1.24. The predicted octanol–water partition coefficient (Wildman–Crippen LogP) is 7.13. The maximum atomic E-state index is 12.9. The summed E-state index contributed by atoms with van der Waals surface area (Å²) in [5.41, 5.74) is 0. The summed E-state index contributed by atoms with van der Waals surface area (Å²) in [6, 6.07) is 0. The molecular weight excluding hydrogens is 741 g/mol. The van der Waals surface area contributed by atoms with Crippen molar-refractivity contribution in [3.8, 4) is 0 Å². The molecule has 0 aromatic heterocycles. The van der Waals surface area contributed by atoms with Crippen LogP contribution in [0.15, 0.2) is 24.3 Å². The van der Waals surface area contributed by atoms with Gasteiger partial charge in [-0.3, -0.25) is 23.4 Å². The van der Waals surface area contributed by atoms with Crippen LogP contribution in [-0.4, -0.2) is 114 Å². The second kappa shape index (κ2) is 30.1. The number of ketones is 1. The molecule has 1 unspecified atom stereocenters. The Morgan fingerprint density at radius 1 is 0.786 bits per heavy atom. The lowest BCUT2D eigenvalue weighted by molar-refractivity contribution is -0.870. The van der Waals surface area contributed by atoms with Gasteiger partial charge >= 0.3 is 19.8 Å². The molecule has 14 heteroatoms. The van der Waals surface area contributed by atoms with E-state index in [9.17, 15) is 39.2 Å². The molecular formula is C42H77NO12P+. The largest absolute Gasteiger partial charge is 0.472 e. The van der Waals surface area contributed by atoms with Gasteiger partial charge in [0.1, 0.15) is 25.5 Å². The lowest BCUT2D eigenvalue weighted by atomic mass is 9.87. The normalized spacial score (nSPS) is 21.0. The molecule has 0 radical (unpaired) electrons. The molecule has 7 atom stereocenters. The first kappa shape index (κ1) is 52.1. The monoisotopic (exact) mass is 819 g/mol. The Morgan fingerprint density at radius 3 is 2.11 bits per heavy atom. The molecule has 326 valence electrons. The number of unbranched alkanes of at least 4 members (excludes halogenated alkanes) is 10. The second-order valence-electron chi connectivity index (χ2n) is 16.3. The van der Waals surface area contributed by atoms with Gasteiger partial charge in [0.15, 0.2) is 6.10 Å². The highest BCUT2D eigenvalue weighted by molar-refractivity contribution is 7.47. The molecule has 0 aromatic rings. The minimum absolute atomic E-state index is 0.0367. The number of allylic oxidation sites excluding steroid dienone is 2. The van der Waals surface area contributed by atoms with E-state index in [1.807, 2.05) is 21.1 Å². The highest BCUT2D eigenvalue weighted by atomic mass is 31.2. The molecule has 1 aliphatic rings. The van der Waals surface area contributed by atoms with Crippen LogP contribution in [0, 0.1) is 11.8 Å². The van der Waals surface area contributed by atoms with Gasteiger partial charge in [-0.2, -0.15) is 0 Å². The van der Waals surface area contributed by atoms with Crippen molar-refractivity contribution in [1.29, 1.82) is 0 Å². The quantitative estimate of drug-likeness (QED) is 0.0170. The molecule has 0 heterocycles. The fourth-order valence-electron chi connectivity index (χ4n) is 6.46. The van der Waals surface area contributed by atoms with E-state index >= 15 is 0 Å². The van der Waals surface area contributed by atoms with Crippen molar-refractivity contribution in [1.82, 2.24) is 0 Å². The van der Waals surface area contributed by atoms with Gasteiger partial charge in [-0.15, -0.1) is 0 Å². The standard InChI is InChI=1S/C42H76NO12P/c1-6-8-10-11-12-13-14-15-16-17-19-24-41(48)52-32-36(33-54-56(50,51)53-29-28-43(3,4)5)55-42(49)25-21-20-23-35(45)30-38-37(39(46)31-40(38)47)27-26-34(44)22-18-9-7-2/h11-12,26-27,34,36-40,44,46-47H,6-10,13-25,28-33H2,1-5H3/p+1/b12-11-,27-26+/t34-,36+,37+,38+,39+,40-/m0/s1. The molecule has 1 fully saturated rings. The fourth-order valence-corrected chi connectivity index (χ4v) is 7.20. The first-order valence-corrected chi connectivity index (χ1v) is 22.7. The molecule has 13 nitrogen and oxygen atoms in total. The molecule has 0 bridgehead atoms. The Hall–Kier alpha value is -1.96. The van der Waals surface area contributed by atoms with E-state index in [4.69, 9.17) is 18.5 Å². The highest BCUT2D eigenvalue weighted by Gasteiger charge is 2.41. The maximum Gasteiger partial charge on any atom is 0.472 e. The van der Waals surface area contributed by atoms with Gasteiger partial charge in [-0.25, -0.2) is 4.57 Å². The highest BCUT2D eigenvalue weighted by Crippen LogP contribution is 2.43. The number of aliphatic hydroxyl groups excluding tert-OH is 3. The molecule has 1 rings (SSSR count). The van der Waals surface area contributed by atoms with Crippen LogP contribution >= 0.6 is 7.82 Å². The predicted molar refractivity (Wildman–Crippen MR) is 217 cm³/mol. The minimum Gasteiger partial charge on any atom is -0.462 e. The van der Waals surface area contributed by atoms with Gasteiger partial charge in [-0.05, 0) is 44.9 Å². The van der Waals surface area contributed by atoms with Crippen molar-refractivity contribution < 1.29 is 62.2 Å². The summed E-state index contributed by atoms with van der Waals surface area (Å²) in [4.78, 5) is 48.3. The third-order valence-corrected chi connectivity index (χ3v) is 10.9. The molecule has 0 saturated heterocycles. The smallest absolute Gasteiger partial charge is 0.462 e. The Bertz CT molecular complexity index is 1190. The van der Waals surface area contributed by atoms with Crippen LogP contribution in [0.4, 0.5) is 0 Å². The van der Waals surface area contributed by atoms with Crippen LogP contribution in [0.3, 0.4) is 0 Å². The number of aliphatic hydroxyl groups is 3. The van der Waals surface area contributed by atoms with E-state index in [0.717, 1.165) is 57.8 Å². The van der Waals surface area contributed by atoms with E-state index in [-0.39, 0.29) is 51.1 Å². The van der Waals surface area contributed by atoms with Crippen molar-refractivity contribution in [3.63, 3.8) is 0 Å². The number of rotatable bonds is 34. The van der Waals surface area contributed by atoms with Gasteiger partial charge in [0.2, 0.25) is 0 Å². The van der Waals surface area contributed by atoms with E-state index in [2.05, 4.69) is 26.0 Å². The third kappa shape index (κ3) is 26.9. The number of carbonyl (C=O) groups excluding carboxylic acids is 3. The van der Waals surface area contributed by atoms with Crippen LogP contribution in [0.2, 0.25) is 0 Å². The Morgan fingerprint density at radius 2 is 1.41 bits per heavy atom.